The fraction of sp³-hybridized carbons (Fsp3) is 0.400. The number of nitrogens with one attached hydrogen (secondary N) is 1. The van der Waals surface area contributed by atoms with Gasteiger partial charge in [0.1, 0.15) is 6.54 Å². The summed E-state index contributed by atoms with van der Waals surface area (Å²) in [5, 5.41) is 6.17. The molecule has 0 aliphatic carbocycles. The molecule has 1 atom stereocenters. The molecule has 0 saturated carbocycles. The van der Waals surface area contributed by atoms with Gasteiger partial charge >= 0.3 is 5.97 Å². The van der Waals surface area contributed by atoms with E-state index in [1.807, 2.05) is 0 Å². The normalized spacial score (nSPS) is 11.7. The summed E-state index contributed by atoms with van der Waals surface area (Å²) in [6.07, 6.45) is 2.69. The molecule has 9 nitrogen and oxygen atoms in total. The van der Waals surface area contributed by atoms with Crippen LogP contribution in [0.3, 0.4) is 0 Å². The Kier molecular flexibility index (Phi) is 5.01. The van der Waals surface area contributed by atoms with E-state index in [1.165, 1.54) is 17.1 Å². The van der Waals surface area contributed by atoms with Crippen LogP contribution < -0.4 is 16.8 Å². The van der Waals surface area contributed by atoms with Crippen LogP contribution in [-0.2, 0) is 25.7 Å². The number of rotatable bonds is 6. The molecule has 0 radical (unpaired) electrons. The summed E-state index contributed by atoms with van der Waals surface area (Å²) in [7, 11) is 0. The lowest BCUT2D eigenvalue weighted by molar-refractivity contribution is -0.147. The zero-order valence-corrected chi connectivity index (χ0v) is 10.3. The van der Waals surface area contributed by atoms with Gasteiger partial charge in [0.15, 0.2) is 6.04 Å². The molecule has 5 N–H and O–H groups in total. The number of nitrogens with zero attached hydrogens (tertiary/aromatic N) is 2. The highest BCUT2D eigenvalue weighted by molar-refractivity contribution is 6.08. The van der Waals surface area contributed by atoms with E-state index >= 15 is 0 Å². The summed E-state index contributed by atoms with van der Waals surface area (Å²) in [5.41, 5.74) is 10.7. The molecule has 2 amide bonds. The summed E-state index contributed by atoms with van der Waals surface area (Å²) in [6.45, 7) is 1.63. The number of anilines is 1. The second-order valence-electron chi connectivity index (χ2n) is 3.61. The van der Waals surface area contributed by atoms with Gasteiger partial charge < -0.3 is 21.5 Å². The minimum Gasteiger partial charge on any atom is -0.464 e. The average molecular weight is 269 g/mol. The highest BCUT2D eigenvalue weighted by atomic mass is 16.5. The predicted molar refractivity (Wildman–Crippen MR) is 64.7 cm³/mol. The van der Waals surface area contributed by atoms with Gasteiger partial charge in [-0.2, -0.15) is 5.10 Å². The zero-order valence-electron chi connectivity index (χ0n) is 10.3. The van der Waals surface area contributed by atoms with Gasteiger partial charge in [-0.15, -0.1) is 0 Å². The molecule has 9 heteroatoms. The Morgan fingerprint density at radius 2 is 2.21 bits per heavy atom. The molecular formula is C10H15N5O4. The third kappa shape index (κ3) is 4.39. The molecule has 1 rings (SSSR count). The van der Waals surface area contributed by atoms with Crippen molar-refractivity contribution >= 4 is 23.5 Å². The molecule has 1 aromatic rings. The van der Waals surface area contributed by atoms with Crippen LogP contribution >= 0.6 is 0 Å². The Morgan fingerprint density at radius 3 is 2.79 bits per heavy atom. The summed E-state index contributed by atoms with van der Waals surface area (Å²) in [4.78, 5) is 33.5. The van der Waals surface area contributed by atoms with Crippen LogP contribution in [-0.4, -0.2) is 40.2 Å². The van der Waals surface area contributed by atoms with E-state index in [0.717, 1.165) is 0 Å². The Labute approximate surface area is 108 Å². The third-order valence-electron chi connectivity index (χ3n) is 2.04. The van der Waals surface area contributed by atoms with Gasteiger partial charge in [-0.1, -0.05) is 0 Å². The molecule has 0 aliphatic heterocycles. The van der Waals surface area contributed by atoms with Crippen LogP contribution in [0.2, 0.25) is 0 Å². The topological polar surface area (TPSA) is 142 Å². The average Bonchev–Trinajstić information content (AvgIpc) is 2.74. The van der Waals surface area contributed by atoms with Gasteiger partial charge in [0.2, 0.25) is 5.91 Å². The van der Waals surface area contributed by atoms with Crippen LogP contribution in [0, 0.1) is 0 Å². The number of ether oxygens (including phenoxy) is 1. The molecule has 0 aromatic carbocycles. The monoisotopic (exact) mass is 269 g/mol. The first-order valence-electron chi connectivity index (χ1n) is 5.48. The Balaban J connectivity index is 2.59. The van der Waals surface area contributed by atoms with Crippen LogP contribution in [0.5, 0.6) is 0 Å². The maximum absolute atomic E-state index is 11.6. The van der Waals surface area contributed by atoms with Crippen molar-refractivity contribution in [1.29, 1.82) is 0 Å². The lowest BCUT2D eigenvalue weighted by atomic mass is 10.3. The molecular weight excluding hydrogens is 254 g/mol. The lowest BCUT2D eigenvalue weighted by Crippen LogP contribution is -2.43. The van der Waals surface area contributed by atoms with Crippen molar-refractivity contribution in [3.05, 3.63) is 12.4 Å². The van der Waals surface area contributed by atoms with Crippen LogP contribution in [0.4, 0.5) is 5.69 Å². The van der Waals surface area contributed by atoms with E-state index in [1.54, 1.807) is 6.92 Å². The summed E-state index contributed by atoms with van der Waals surface area (Å²) < 4.78 is 5.86. The van der Waals surface area contributed by atoms with Gasteiger partial charge in [-0.3, -0.25) is 14.3 Å². The largest absolute Gasteiger partial charge is 0.464 e. The number of hydrogen-bond acceptors (Lipinski definition) is 6. The molecule has 1 heterocycles. The smallest absolute Gasteiger partial charge is 0.332 e. The van der Waals surface area contributed by atoms with E-state index in [9.17, 15) is 14.4 Å². The molecule has 0 aliphatic rings. The number of carbonyl (C=O) groups excluding carboxylic acids is 3. The van der Waals surface area contributed by atoms with Gasteiger partial charge in [0.05, 0.1) is 18.5 Å². The first-order valence-corrected chi connectivity index (χ1v) is 5.48. The van der Waals surface area contributed by atoms with Crippen molar-refractivity contribution in [3.8, 4) is 0 Å². The number of amides is 2. The first kappa shape index (κ1) is 14.6. The van der Waals surface area contributed by atoms with Crippen molar-refractivity contribution in [1.82, 2.24) is 9.78 Å². The molecule has 0 spiro atoms. The van der Waals surface area contributed by atoms with Crippen molar-refractivity contribution < 1.29 is 19.1 Å². The van der Waals surface area contributed by atoms with E-state index in [2.05, 4.69) is 15.2 Å². The van der Waals surface area contributed by atoms with E-state index in [-0.39, 0.29) is 13.2 Å². The maximum atomic E-state index is 11.6. The van der Waals surface area contributed by atoms with Gasteiger partial charge in [-0.05, 0) is 6.92 Å². The Hall–Kier alpha value is -2.42. The number of nitrogens with two attached hydrogens (primary N) is 2. The number of esters is 1. The van der Waals surface area contributed by atoms with Crippen molar-refractivity contribution in [2.75, 3.05) is 11.9 Å². The number of aromatic nitrogens is 2. The highest BCUT2D eigenvalue weighted by Crippen LogP contribution is 2.05. The SMILES string of the molecule is CCOC(=O)C(N)C(=O)Nc1cnn(CC(N)=O)c1. The Bertz CT molecular complexity index is 484. The number of hydrogen-bond donors (Lipinski definition) is 3. The quantitative estimate of drug-likeness (QED) is 0.410. The van der Waals surface area contributed by atoms with Gasteiger partial charge in [-0.25, -0.2) is 4.79 Å². The zero-order chi connectivity index (χ0) is 14.4. The fourth-order valence-electron chi connectivity index (χ4n) is 1.23. The fourth-order valence-corrected chi connectivity index (χ4v) is 1.23. The van der Waals surface area contributed by atoms with Gasteiger partial charge in [0.25, 0.3) is 5.91 Å². The molecule has 1 unspecified atom stereocenters. The summed E-state index contributed by atoms with van der Waals surface area (Å²) >= 11 is 0. The molecule has 19 heavy (non-hydrogen) atoms. The molecule has 0 fully saturated rings. The van der Waals surface area contributed by atoms with Crippen molar-refractivity contribution in [3.63, 3.8) is 0 Å². The van der Waals surface area contributed by atoms with E-state index in [4.69, 9.17) is 11.5 Å². The van der Waals surface area contributed by atoms with Crippen LogP contribution in [0.25, 0.3) is 0 Å². The highest BCUT2D eigenvalue weighted by Gasteiger charge is 2.23. The first-order chi connectivity index (χ1) is 8.93. The van der Waals surface area contributed by atoms with Crippen molar-refractivity contribution in [2.45, 2.75) is 19.5 Å². The van der Waals surface area contributed by atoms with Gasteiger partial charge in [0, 0.05) is 6.20 Å². The number of primary amides is 1. The lowest BCUT2D eigenvalue weighted by Gasteiger charge is -2.09. The predicted octanol–water partition coefficient (Wildman–Crippen LogP) is -1.80. The molecule has 104 valence electrons. The summed E-state index contributed by atoms with van der Waals surface area (Å²) in [5.74, 6) is -2.11. The van der Waals surface area contributed by atoms with Crippen LogP contribution in [0.15, 0.2) is 12.4 Å². The second-order valence-corrected chi connectivity index (χ2v) is 3.61. The van der Waals surface area contributed by atoms with E-state index in [0.29, 0.717) is 5.69 Å². The second kappa shape index (κ2) is 6.50. The molecule has 0 saturated heterocycles. The minimum atomic E-state index is -1.42. The number of carbonyl (C=O) groups is 3. The summed E-state index contributed by atoms with van der Waals surface area (Å²) in [6, 6.07) is -1.42. The minimum absolute atomic E-state index is 0.111. The molecule has 0 bridgehead atoms. The third-order valence-corrected chi connectivity index (χ3v) is 2.04. The Morgan fingerprint density at radius 1 is 1.53 bits per heavy atom. The standard InChI is InChI=1S/C10H15N5O4/c1-2-19-10(18)8(12)9(17)14-6-3-13-15(4-6)5-7(11)16/h3-4,8H,2,5,12H2,1H3,(H2,11,16)(H,14,17). The maximum Gasteiger partial charge on any atom is 0.332 e. The van der Waals surface area contributed by atoms with E-state index < -0.39 is 23.8 Å². The van der Waals surface area contributed by atoms with Crippen molar-refractivity contribution in [2.24, 2.45) is 11.5 Å². The molecule has 1 aromatic heterocycles. The van der Waals surface area contributed by atoms with Crippen LogP contribution in [0.1, 0.15) is 6.92 Å².